The van der Waals surface area contributed by atoms with Crippen LogP contribution >= 0.6 is 0 Å². The number of hydrogen-bond donors (Lipinski definition) is 1. The zero-order valence-electron chi connectivity index (χ0n) is 11.5. The molecule has 2 aromatic rings. The minimum absolute atomic E-state index is 0.119. The van der Waals surface area contributed by atoms with Crippen LogP contribution in [0.15, 0.2) is 42.6 Å². The minimum Gasteiger partial charge on any atom is -0.491 e. The molecule has 19 heavy (non-hydrogen) atoms. The second kappa shape index (κ2) is 5.85. The predicted molar refractivity (Wildman–Crippen MR) is 75.2 cm³/mol. The molecule has 1 aromatic heterocycles. The summed E-state index contributed by atoms with van der Waals surface area (Å²) < 4.78 is 5.63. The lowest BCUT2D eigenvalue weighted by atomic mass is 10.0. The third kappa shape index (κ3) is 3.55. The molecule has 0 radical (unpaired) electrons. The van der Waals surface area contributed by atoms with E-state index in [0.29, 0.717) is 0 Å². The van der Waals surface area contributed by atoms with Crippen LogP contribution in [-0.2, 0) is 0 Å². The fourth-order valence-corrected chi connectivity index (χ4v) is 1.86. The summed E-state index contributed by atoms with van der Waals surface area (Å²) >= 11 is 0. The Hall–Kier alpha value is -1.87. The van der Waals surface area contributed by atoms with Gasteiger partial charge in [0.05, 0.1) is 6.10 Å². The Kier molecular flexibility index (Phi) is 4.17. The van der Waals surface area contributed by atoms with E-state index in [2.05, 4.69) is 4.98 Å². The Labute approximate surface area is 113 Å². The lowest BCUT2D eigenvalue weighted by Gasteiger charge is -2.14. The maximum absolute atomic E-state index is 10.3. The van der Waals surface area contributed by atoms with Crippen molar-refractivity contribution in [2.75, 3.05) is 0 Å². The van der Waals surface area contributed by atoms with E-state index in [1.54, 1.807) is 6.20 Å². The molecule has 1 unspecified atom stereocenters. The van der Waals surface area contributed by atoms with E-state index in [4.69, 9.17) is 4.74 Å². The number of benzene rings is 1. The van der Waals surface area contributed by atoms with E-state index < -0.39 is 6.10 Å². The van der Waals surface area contributed by atoms with Crippen LogP contribution in [0.2, 0.25) is 0 Å². The Bertz CT molecular complexity index is 535. The van der Waals surface area contributed by atoms with Crippen LogP contribution in [0.25, 0.3) is 0 Å². The second-order valence-corrected chi connectivity index (χ2v) is 4.87. The second-order valence-electron chi connectivity index (χ2n) is 4.87. The maximum Gasteiger partial charge on any atom is 0.120 e. The molecule has 100 valence electrons. The normalized spacial score (nSPS) is 12.5. The van der Waals surface area contributed by atoms with Crippen molar-refractivity contribution in [2.24, 2.45) is 0 Å². The number of aliphatic hydroxyl groups is 1. The van der Waals surface area contributed by atoms with E-state index in [0.717, 1.165) is 22.6 Å². The number of aryl methyl sites for hydroxylation is 1. The fourth-order valence-electron chi connectivity index (χ4n) is 1.86. The van der Waals surface area contributed by atoms with Gasteiger partial charge in [-0.3, -0.25) is 4.98 Å². The first-order valence-corrected chi connectivity index (χ1v) is 6.43. The molecule has 0 saturated heterocycles. The van der Waals surface area contributed by atoms with Gasteiger partial charge in [0.2, 0.25) is 0 Å². The van der Waals surface area contributed by atoms with Crippen molar-refractivity contribution in [1.29, 1.82) is 0 Å². The standard InChI is InChI=1S/C16H19NO2/c1-11(2)19-15-6-4-5-13(9-15)16(18)14-8-7-12(3)17-10-14/h4-11,16,18H,1-3H3. The van der Waals surface area contributed by atoms with Crippen LogP contribution in [0, 0.1) is 6.92 Å². The van der Waals surface area contributed by atoms with Gasteiger partial charge in [-0.05, 0) is 44.5 Å². The van der Waals surface area contributed by atoms with Crippen molar-refractivity contribution < 1.29 is 9.84 Å². The molecule has 3 heteroatoms. The molecular formula is C16H19NO2. The molecule has 0 spiro atoms. The topological polar surface area (TPSA) is 42.4 Å². The lowest BCUT2D eigenvalue weighted by Crippen LogP contribution is -2.06. The van der Waals surface area contributed by atoms with E-state index in [-0.39, 0.29) is 6.10 Å². The van der Waals surface area contributed by atoms with Gasteiger partial charge in [-0.25, -0.2) is 0 Å². The summed E-state index contributed by atoms with van der Waals surface area (Å²) in [6.45, 7) is 5.88. The van der Waals surface area contributed by atoms with Gasteiger partial charge in [0.25, 0.3) is 0 Å². The third-order valence-electron chi connectivity index (χ3n) is 2.80. The maximum atomic E-state index is 10.3. The molecular weight excluding hydrogens is 238 g/mol. The van der Waals surface area contributed by atoms with Gasteiger partial charge >= 0.3 is 0 Å². The molecule has 0 bridgehead atoms. The van der Waals surface area contributed by atoms with Crippen LogP contribution in [0.5, 0.6) is 5.75 Å². The van der Waals surface area contributed by atoms with E-state index in [1.165, 1.54) is 0 Å². The van der Waals surface area contributed by atoms with Crippen molar-refractivity contribution in [3.05, 3.63) is 59.4 Å². The highest BCUT2D eigenvalue weighted by atomic mass is 16.5. The summed E-state index contributed by atoms with van der Waals surface area (Å²) in [6.07, 6.45) is 1.15. The minimum atomic E-state index is -0.677. The largest absolute Gasteiger partial charge is 0.491 e. The van der Waals surface area contributed by atoms with Crippen molar-refractivity contribution in [3.8, 4) is 5.75 Å². The molecule has 1 aromatic carbocycles. The molecule has 0 aliphatic heterocycles. The van der Waals surface area contributed by atoms with Crippen LogP contribution in [0.4, 0.5) is 0 Å². The molecule has 1 N–H and O–H groups in total. The predicted octanol–water partition coefficient (Wildman–Crippen LogP) is 3.26. The molecule has 3 nitrogen and oxygen atoms in total. The number of aliphatic hydroxyl groups excluding tert-OH is 1. The van der Waals surface area contributed by atoms with Gasteiger partial charge in [0.15, 0.2) is 0 Å². The SMILES string of the molecule is Cc1ccc(C(O)c2cccc(OC(C)C)c2)cn1. The average molecular weight is 257 g/mol. The quantitative estimate of drug-likeness (QED) is 0.914. The first-order chi connectivity index (χ1) is 9.06. The molecule has 0 aliphatic rings. The van der Waals surface area contributed by atoms with Crippen LogP contribution in [0.3, 0.4) is 0 Å². The van der Waals surface area contributed by atoms with Gasteiger partial charge in [0, 0.05) is 17.5 Å². The third-order valence-corrected chi connectivity index (χ3v) is 2.80. The Morgan fingerprint density at radius 2 is 1.89 bits per heavy atom. The molecule has 1 heterocycles. The first kappa shape index (κ1) is 13.6. The molecule has 0 amide bonds. The van der Waals surface area contributed by atoms with Crippen LogP contribution < -0.4 is 4.74 Å². The summed E-state index contributed by atoms with van der Waals surface area (Å²) in [5, 5.41) is 10.3. The molecule has 0 aliphatic carbocycles. The zero-order chi connectivity index (χ0) is 13.8. The summed E-state index contributed by atoms with van der Waals surface area (Å²) in [5.74, 6) is 0.770. The van der Waals surface area contributed by atoms with E-state index in [9.17, 15) is 5.11 Å². The molecule has 0 saturated carbocycles. The molecule has 0 fully saturated rings. The van der Waals surface area contributed by atoms with Gasteiger partial charge < -0.3 is 9.84 Å². The highest BCUT2D eigenvalue weighted by Crippen LogP contribution is 2.25. The number of nitrogens with zero attached hydrogens (tertiary/aromatic N) is 1. The molecule has 1 atom stereocenters. The highest BCUT2D eigenvalue weighted by molar-refractivity contribution is 5.34. The number of ether oxygens (including phenoxy) is 1. The number of rotatable bonds is 4. The van der Waals surface area contributed by atoms with Gasteiger partial charge in [0.1, 0.15) is 11.9 Å². The Balaban J connectivity index is 2.23. The van der Waals surface area contributed by atoms with E-state index >= 15 is 0 Å². The average Bonchev–Trinajstić information content (AvgIpc) is 2.38. The number of aromatic nitrogens is 1. The van der Waals surface area contributed by atoms with Crippen molar-refractivity contribution in [3.63, 3.8) is 0 Å². The van der Waals surface area contributed by atoms with Crippen molar-refractivity contribution in [1.82, 2.24) is 4.98 Å². The first-order valence-electron chi connectivity index (χ1n) is 6.43. The van der Waals surface area contributed by atoms with Gasteiger partial charge in [-0.1, -0.05) is 18.2 Å². The zero-order valence-corrected chi connectivity index (χ0v) is 11.5. The van der Waals surface area contributed by atoms with Crippen LogP contribution in [-0.4, -0.2) is 16.2 Å². The summed E-state index contributed by atoms with van der Waals surface area (Å²) in [5.41, 5.74) is 2.53. The number of hydrogen-bond acceptors (Lipinski definition) is 3. The lowest BCUT2D eigenvalue weighted by molar-refractivity contribution is 0.216. The monoisotopic (exact) mass is 257 g/mol. The summed E-state index contributed by atoms with van der Waals surface area (Å²) in [4.78, 5) is 4.21. The van der Waals surface area contributed by atoms with Crippen molar-refractivity contribution >= 4 is 0 Å². The van der Waals surface area contributed by atoms with Gasteiger partial charge in [-0.2, -0.15) is 0 Å². The van der Waals surface area contributed by atoms with Crippen molar-refractivity contribution in [2.45, 2.75) is 33.0 Å². The highest BCUT2D eigenvalue weighted by Gasteiger charge is 2.11. The molecule has 2 rings (SSSR count). The Morgan fingerprint density at radius 3 is 2.53 bits per heavy atom. The van der Waals surface area contributed by atoms with E-state index in [1.807, 2.05) is 57.2 Å². The Morgan fingerprint density at radius 1 is 1.11 bits per heavy atom. The number of pyridine rings is 1. The van der Waals surface area contributed by atoms with Crippen LogP contribution in [0.1, 0.15) is 36.8 Å². The fraction of sp³-hybridized carbons (Fsp3) is 0.312. The van der Waals surface area contributed by atoms with Gasteiger partial charge in [-0.15, -0.1) is 0 Å². The smallest absolute Gasteiger partial charge is 0.120 e. The summed E-state index contributed by atoms with van der Waals surface area (Å²) in [7, 11) is 0. The summed E-state index contributed by atoms with van der Waals surface area (Å²) in [6, 6.07) is 11.3.